The maximum absolute atomic E-state index is 14.1. The van der Waals surface area contributed by atoms with Gasteiger partial charge in [0.05, 0.1) is 17.8 Å². The highest BCUT2D eigenvalue weighted by molar-refractivity contribution is 6.00. The summed E-state index contributed by atoms with van der Waals surface area (Å²) in [4.78, 5) is 29.9. The minimum absolute atomic E-state index is 0.0267. The van der Waals surface area contributed by atoms with Gasteiger partial charge in [0.15, 0.2) is 0 Å². The quantitative estimate of drug-likeness (QED) is 0.338. The van der Waals surface area contributed by atoms with Crippen LogP contribution in [0.25, 0.3) is 11.3 Å². The molecule has 0 radical (unpaired) electrons. The Bertz CT molecular complexity index is 1290. The fourth-order valence-electron chi connectivity index (χ4n) is 5.18. The van der Waals surface area contributed by atoms with E-state index in [4.69, 9.17) is 0 Å². The topological polar surface area (TPSA) is 45.6 Å². The zero-order chi connectivity index (χ0) is 24.7. The van der Waals surface area contributed by atoms with Crippen LogP contribution >= 0.6 is 0 Å². The molecule has 0 bridgehead atoms. The number of piperazine rings is 1. The minimum atomic E-state index is 0.0267. The van der Waals surface area contributed by atoms with Crippen LogP contribution in [0.2, 0.25) is 0 Å². The summed E-state index contributed by atoms with van der Waals surface area (Å²) in [6.45, 7) is 3.39. The Morgan fingerprint density at radius 1 is 0.806 bits per heavy atom. The molecule has 1 aliphatic rings. The normalized spacial score (nSPS) is 16.1. The van der Waals surface area contributed by atoms with Gasteiger partial charge in [0.25, 0.3) is 5.91 Å². The maximum atomic E-state index is 14.1. The van der Waals surface area contributed by atoms with Gasteiger partial charge in [-0.25, -0.2) is 0 Å². The van der Waals surface area contributed by atoms with E-state index in [9.17, 15) is 9.59 Å². The Balaban J connectivity index is 1.44. The third-order valence-corrected chi connectivity index (χ3v) is 6.90. The van der Waals surface area contributed by atoms with Gasteiger partial charge in [0.2, 0.25) is 0 Å². The van der Waals surface area contributed by atoms with Crippen molar-refractivity contribution >= 4 is 12.2 Å². The second kappa shape index (κ2) is 11.2. The molecule has 4 aromatic rings. The standard InChI is InChI=1S/C31H31N3O2/c35-21-20-33-17-16-29(30(33)27-14-8-3-9-15-27)31(36)34-19-18-32(23-26-12-6-2-7-13-26)24-28(34)22-25-10-4-1-5-11-25/h1-17,21,28H,18-20,22-24H2/t28-/m1/s1. The first kappa shape index (κ1) is 23.8. The predicted octanol–water partition coefficient (Wildman–Crippen LogP) is 4.92. The first-order valence-electron chi connectivity index (χ1n) is 12.5. The molecule has 0 saturated carbocycles. The lowest BCUT2D eigenvalue weighted by Gasteiger charge is -2.42. The SMILES string of the molecule is O=CCn1ccc(C(=O)N2CCN(Cc3ccccc3)C[C@H]2Cc2ccccc2)c1-c1ccccc1. The van der Waals surface area contributed by atoms with E-state index in [2.05, 4.69) is 53.4 Å². The molecule has 1 saturated heterocycles. The van der Waals surface area contributed by atoms with Gasteiger partial charge >= 0.3 is 0 Å². The van der Waals surface area contributed by atoms with E-state index in [0.717, 1.165) is 43.6 Å². The molecule has 1 aliphatic heterocycles. The van der Waals surface area contributed by atoms with Crippen molar-refractivity contribution in [1.82, 2.24) is 14.4 Å². The van der Waals surface area contributed by atoms with Gasteiger partial charge in [-0.3, -0.25) is 9.69 Å². The zero-order valence-electron chi connectivity index (χ0n) is 20.4. The van der Waals surface area contributed by atoms with E-state index in [0.29, 0.717) is 12.1 Å². The van der Waals surface area contributed by atoms with Gasteiger partial charge in [-0.15, -0.1) is 0 Å². The molecule has 182 valence electrons. The average Bonchev–Trinajstić information content (AvgIpc) is 3.34. The highest BCUT2D eigenvalue weighted by atomic mass is 16.2. The smallest absolute Gasteiger partial charge is 0.256 e. The van der Waals surface area contributed by atoms with Crippen LogP contribution < -0.4 is 0 Å². The lowest BCUT2D eigenvalue weighted by molar-refractivity contribution is -0.108. The Morgan fingerprint density at radius 2 is 1.44 bits per heavy atom. The van der Waals surface area contributed by atoms with Crippen molar-refractivity contribution in [2.45, 2.75) is 25.6 Å². The maximum Gasteiger partial charge on any atom is 0.256 e. The molecule has 5 heteroatoms. The number of rotatable bonds is 8. The molecular formula is C31H31N3O2. The lowest BCUT2D eigenvalue weighted by atomic mass is 9.99. The van der Waals surface area contributed by atoms with Crippen LogP contribution in [0.5, 0.6) is 0 Å². The van der Waals surface area contributed by atoms with Gasteiger partial charge in [-0.2, -0.15) is 0 Å². The molecule has 1 aromatic heterocycles. The molecular weight excluding hydrogens is 446 g/mol. The molecule has 5 rings (SSSR count). The summed E-state index contributed by atoms with van der Waals surface area (Å²) in [7, 11) is 0. The van der Waals surface area contributed by atoms with Crippen molar-refractivity contribution in [3.63, 3.8) is 0 Å². The number of hydrogen-bond acceptors (Lipinski definition) is 3. The van der Waals surface area contributed by atoms with Crippen LogP contribution in [0.3, 0.4) is 0 Å². The van der Waals surface area contributed by atoms with Crippen LogP contribution in [0.1, 0.15) is 21.5 Å². The number of aromatic nitrogens is 1. The van der Waals surface area contributed by atoms with Crippen LogP contribution in [0.4, 0.5) is 0 Å². The van der Waals surface area contributed by atoms with E-state index in [1.807, 2.05) is 64.2 Å². The van der Waals surface area contributed by atoms with E-state index < -0.39 is 0 Å². The molecule has 3 aromatic carbocycles. The first-order valence-corrected chi connectivity index (χ1v) is 12.5. The monoisotopic (exact) mass is 477 g/mol. The first-order chi connectivity index (χ1) is 17.7. The number of benzene rings is 3. The fraction of sp³-hybridized carbons (Fsp3) is 0.226. The molecule has 1 fully saturated rings. The van der Waals surface area contributed by atoms with Crippen molar-refractivity contribution < 1.29 is 9.59 Å². The molecule has 1 atom stereocenters. The third-order valence-electron chi connectivity index (χ3n) is 6.90. The average molecular weight is 478 g/mol. The molecule has 0 spiro atoms. The highest BCUT2D eigenvalue weighted by Gasteiger charge is 2.33. The number of carbonyl (C=O) groups is 2. The van der Waals surface area contributed by atoms with Crippen molar-refractivity contribution in [3.8, 4) is 11.3 Å². The Kier molecular flexibility index (Phi) is 7.39. The van der Waals surface area contributed by atoms with Gasteiger partial charge in [-0.1, -0.05) is 91.0 Å². The zero-order valence-corrected chi connectivity index (χ0v) is 20.4. The van der Waals surface area contributed by atoms with Crippen LogP contribution in [-0.4, -0.2) is 52.2 Å². The molecule has 0 N–H and O–H groups in total. The summed E-state index contributed by atoms with van der Waals surface area (Å²) < 4.78 is 1.87. The van der Waals surface area contributed by atoms with Gasteiger partial charge < -0.3 is 14.3 Å². The molecule has 36 heavy (non-hydrogen) atoms. The van der Waals surface area contributed by atoms with Gasteiger partial charge in [-0.05, 0) is 29.2 Å². The van der Waals surface area contributed by atoms with E-state index in [1.165, 1.54) is 11.1 Å². The predicted molar refractivity (Wildman–Crippen MR) is 143 cm³/mol. The third kappa shape index (κ3) is 5.31. The van der Waals surface area contributed by atoms with E-state index in [-0.39, 0.29) is 18.5 Å². The molecule has 1 amide bonds. The molecule has 0 aliphatic carbocycles. The van der Waals surface area contributed by atoms with E-state index >= 15 is 0 Å². The summed E-state index contributed by atoms with van der Waals surface area (Å²) in [5, 5.41) is 0. The van der Waals surface area contributed by atoms with Crippen molar-refractivity contribution in [2.75, 3.05) is 19.6 Å². The van der Waals surface area contributed by atoms with E-state index in [1.54, 1.807) is 0 Å². The summed E-state index contributed by atoms with van der Waals surface area (Å²) >= 11 is 0. The van der Waals surface area contributed by atoms with Crippen molar-refractivity contribution in [3.05, 3.63) is 120 Å². The number of amides is 1. The fourth-order valence-corrected chi connectivity index (χ4v) is 5.18. The summed E-state index contributed by atoms with van der Waals surface area (Å²) in [5.41, 5.74) is 4.90. The molecule has 5 nitrogen and oxygen atoms in total. The summed E-state index contributed by atoms with van der Waals surface area (Å²) in [5.74, 6) is 0.0267. The van der Waals surface area contributed by atoms with Gasteiger partial charge in [0.1, 0.15) is 6.29 Å². The Hall–Kier alpha value is -3.96. The lowest BCUT2D eigenvalue weighted by Crippen LogP contribution is -2.55. The van der Waals surface area contributed by atoms with Crippen LogP contribution in [0.15, 0.2) is 103 Å². The van der Waals surface area contributed by atoms with Crippen molar-refractivity contribution in [1.29, 1.82) is 0 Å². The van der Waals surface area contributed by atoms with Crippen LogP contribution in [-0.2, 0) is 24.3 Å². The minimum Gasteiger partial charge on any atom is -0.340 e. The largest absolute Gasteiger partial charge is 0.340 e. The number of nitrogens with zero attached hydrogens (tertiary/aromatic N) is 3. The second-order valence-electron chi connectivity index (χ2n) is 9.33. The van der Waals surface area contributed by atoms with Crippen molar-refractivity contribution in [2.24, 2.45) is 0 Å². The summed E-state index contributed by atoms with van der Waals surface area (Å²) in [6, 6.07) is 32.7. The number of hydrogen-bond donors (Lipinski definition) is 0. The molecule has 2 heterocycles. The highest BCUT2D eigenvalue weighted by Crippen LogP contribution is 2.28. The Morgan fingerprint density at radius 3 is 2.11 bits per heavy atom. The summed E-state index contributed by atoms with van der Waals surface area (Å²) in [6.07, 6.45) is 3.52. The van der Waals surface area contributed by atoms with Crippen LogP contribution in [0, 0.1) is 0 Å². The second-order valence-corrected chi connectivity index (χ2v) is 9.33. The molecule has 0 unspecified atom stereocenters. The Labute approximate surface area is 212 Å². The number of aldehydes is 1. The van der Waals surface area contributed by atoms with Gasteiger partial charge in [0, 0.05) is 38.4 Å². The number of carbonyl (C=O) groups excluding carboxylic acids is 2.